The summed E-state index contributed by atoms with van der Waals surface area (Å²) in [5.41, 5.74) is -1.03. The molecule has 0 saturated carbocycles. The maximum Gasteiger partial charge on any atom is 0.434 e. The SMILES string of the molecule is CN(CCOc1cccc(Cl)c1)C(=O)Nc1nc(C(F)(F)F)cs1. The van der Waals surface area contributed by atoms with E-state index in [4.69, 9.17) is 16.3 Å². The molecule has 0 saturated heterocycles. The second kappa shape index (κ2) is 7.71. The molecule has 2 aromatic rings. The van der Waals surface area contributed by atoms with Crippen molar-refractivity contribution in [3.8, 4) is 5.75 Å². The molecule has 1 heterocycles. The number of hydrogen-bond acceptors (Lipinski definition) is 4. The van der Waals surface area contributed by atoms with Crippen LogP contribution in [-0.4, -0.2) is 36.1 Å². The number of benzene rings is 1. The quantitative estimate of drug-likeness (QED) is 0.839. The Hall–Kier alpha value is -2.00. The number of ether oxygens (including phenoxy) is 1. The fourth-order valence-electron chi connectivity index (χ4n) is 1.61. The third-order valence-electron chi connectivity index (χ3n) is 2.85. The van der Waals surface area contributed by atoms with Gasteiger partial charge >= 0.3 is 12.2 Å². The van der Waals surface area contributed by atoms with Gasteiger partial charge in [-0.1, -0.05) is 17.7 Å². The van der Waals surface area contributed by atoms with E-state index in [0.717, 1.165) is 5.38 Å². The van der Waals surface area contributed by atoms with Gasteiger partial charge in [-0.05, 0) is 18.2 Å². The molecule has 0 fully saturated rings. The van der Waals surface area contributed by atoms with E-state index in [-0.39, 0.29) is 18.3 Å². The maximum atomic E-state index is 12.4. The van der Waals surface area contributed by atoms with Gasteiger partial charge in [-0.25, -0.2) is 9.78 Å². The Labute approximate surface area is 145 Å². The first-order chi connectivity index (χ1) is 11.3. The van der Waals surface area contributed by atoms with Crippen molar-refractivity contribution in [3.05, 3.63) is 40.4 Å². The third-order valence-corrected chi connectivity index (χ3v) is 3.84. The van der Waals surface area contributed by atoms with Crippen molar-refractivity contribution < 1.29 is 22.7 Å². The number of alkyl halides is 3. The minimum atomic E-state index is -4.53. The minimum absolute atomic E-state index is 0.116. The molecule has 5 nitrogen and oxygen atoms in total. The van der Waals surface area contributed by atoms with E-state index in [0.29, 0.717) is 22.1 Å². The number of carbonyl (C=O) groups excluding carboxylic acids is 1. The highest BCUT2D eigenvalue weighted by atomic mass is 35.5. The van der Waals surface area contributed by atoms with Crippen LogP contribution in [0.5, 0.6) is 5.75 Å². The topological polar surface area (TPSA) is 54.5 Å². The van der Waals surface area contributed by atoms with E-state index < -0.39 is 17.9 Å². The highest BCUT2D eigenvalue weighted by Gasteiger charge is 2.34. The zero-order valence-electron chi connectivity index (χ0n) is 12.4. The van der Waals surface area contributed by atoms with E-state index in [1.807, 2.05) is 0 Å². The summed E-state index contributed by atoms with van der Waals surface area (Å²) in [4.78, 5) is 16.5. The highest BCUT2D eigenvalue weighted by Crippen LogP contribution is 2.31. The Morgan fingerprint density at radius 1 is 1.46 bits per heavy atom. The number of carbonyl (C=O) groups is 1. The molecule has 24 heavy (non-hydrogen) atoms. The van der Waals surface area contributed by atoms with Gasteiger partial charge in [0.1, 0.15) is 12.4 Å². The number of halogens is 4. The molecule has 10 heteroatoms. The molecule has 0 spiro atoms. The smallest absolute Gasteiger partial charge is 0.434 e. The van der Waals surface area contributed by atoms with Crippen LogP contribution in [0, 0.1) is 0 Å². The van der Waals surface area contributed by atoms with Gasteiger partial charge < -0.3 is 9.64 Å². The summed E-state index contributed by atoms with van der Waals surface area (Å²) in [5.74, 6) is 0.561. The predicted molar refractivity (Wildman–Crippen MR) is 85.7 cm³/mol. The molecule has 0 aliphatic carbocycles. The largest absolute Gasteiger partial charge is 0.492 e. The summed E-state index contributed by atoms with van der Waals surface area (Å²) in [7, 11) is 1.49. The van der Waals surface area contributed by atoms with Gasteiger partial charge in [0.15, 0.2) is 10.8 Å². The Morgan fingerprint density at radius 2 is 2.21 bits per heavy atom. The monoisotopic (exact) mass is 379 g/mol. The summed E-state index contributed by atoms with van der Waals surface area (Å²) in [6.45, 7) is 0.436. The van der Waals surface area contributed by atoms with Gasteiger partial charge in [0, 0.05) is 17.5 Å². The molecule has 0 atom stereocenters. The number of amides is 2. The van der Waals surface area contributed by atoms with Gasteiger partial charge in [0.05, 0.1) is 6.54 Å². The lowest BCUT2D eigenvalue weighted by Crippen LogP contribution is -2.34. The fourth-order valence-corrected chi connectivity index (χ4v) is 2.49. The third kappa shape index (κ3) is 5.27. The number of urea groups is 1. The number of hydrogen-bond donors (Lipinski definition) is 1. The average Bonchev–Trinajstić information content (AvgIpc) is 2.96. The van der Waals surface area contributed by atoms with Gasteiger partial charge in [-0.3, -0.25) is 5.32 Å². The number of likely N-dealkylation sites (N-methyl/N-ethyl adjacent to an activating group) is 1. The summed E-state index contributed by atoms with van der Waals surface area (Å²) in [6, 6.07) is 6.22. The van der Waals surface area contributed by atoms with Crippen LogP contribution in [0.3, 0.4) is 0 Å². The van der Waals surface area contributed by atoms with Crippen LogP contribution in [0.25, 0.3) is 0 Å². The number of anilines is 1. The number of rotatable bonds is 5. The predicted octanol–water partition coefficient (Wildman–Crippen LogP) is 4.36. The zero-order valence-corrected chi connectivity index (χ0v) is 14.0. The Bertz CT molecular complexity index is 709. The summed E-state index contributed by atoms with van der Waals surface area (Å²) >= 11 is 6.53. The lowest BCUT2D eigenvalue weighted by Gasteiger charge is -2.17. The summed E-state index contributed by atoms with van der Waals surface area (Å²) < 4.78 is 42.8. The molecule has 0 bridgehead atoms. The number of thiazole rings is 1. The van der Waals surface area contributed by atoms with Crippen LogP contribution < -0.4 is 10.1 Å². The zero-order chi connectivity index (χ0) is 17.7. The first-order valence-corrected chi connectivity index (χ1v) is 7.94. The van der Waals surface area contributed by atoms with Crippen molar-refractivity contribution in [3.63, 3.8) is 0 Å². The molecule has 1 aromatic heterocycles. The molecular formula is C14H13ClF3N3O2S. The van der Waals surface area contributed by atoms with Crippen LogP contribution >= 0.6 is 22.9 Å². The van der Waals surface area contributed by atoms with Crippen LogP contribution in [0.1, 0.15) is 5.69 Å². The highest BCUT2D eigenvalue weighted by molar-refractivity contribution is 7.13. The van der Waals surface area contributed by atoms with E-state index in [1.54, 1.807) is 24.3 Å². The van der Waals surface area contributed by atoms with Crippen molar-refractivity contribution in [2.45, 2.75) is 6.18 Å². The maximum absolute atomic E-state index is 12.4. The van der Waals surface area contributed by atoms with Crippen molar-refractivity contribution in [2.75, 3.05) is 25.5 Å². The van der Waals surface area contributed by atoms with E-state index in [2.05, 4.69) is 10.3 Å². The van der Waals surface area contributed by atoms with Crippen molar-refractivity contribution in [2.24, 2.45) is 0 Å². The second-order valence-corrected chi connectivity index (χ2v) is 5.99. The van der Waals surface area contributed by atoms with Crippen molar-refractivity contribution in [1.29, 1.82) is 0 Å². The Kier molecular flexibility index (Phi) is 5.89. The molecule has 0 aliphatic heterocycles. The van der Waals surface area contributed by atoms with Gasteiger partial charge in [-0.2, -0.15) is 13.2 Å². The number of nitrogens with one attached hydrogen (secondary N) is 1. The second-order valence-electron chi connectivity index (χ2n) is 4.69. The van der Waals surface area contributed by atoms with Crippen molar-refractivity contribution >= 4 is 34.1 Å². The van der Waals surface area contributed by atoms with E-state index >= 15 is 0 Å². The molecule has 2 rings (SSSR count). The lowest BCUT2D eigenvalue weighted by molar-refractivity contribution is -0.140. The Balaban J connectivity index is 1.81. The molecule has 2 amide bonds. The summed E-state index contributed by atoms with van der Waals surface area (Å²) in [6.07, 6.45) is -4.53. The van der Waals surface area contributed by atoms with Crippen LogP contribution in [0.15, 0.2) is 29.6 Å². The fraction of sp³-hybridized carbons (Fsp3) is 0.286. The standard InChI is InChI=1S/C14H13ClF3N3O2S/c1-21(5-6-23-10-4-2-3-9(15)7-10)13(22)20-12-19-11(8-24-12)14(16,17)18/h2-4,7-8H,5-6H2,1H3,(H,19,20,22). The normalized spacial score (nSPS) is 11.2. The molecule has 0 unspecified atom stereocenters. The molecule has 1 N–H and O–H groups in total. The van der Waals surface area contributed by atoms with E-state index in [1.165, 1.54) is 11.9 Å². The van der Waals surface area contributed by atoms with Crippen LogP contribution in [0.4, 0.5) is 23.1 Å². The number of nitrogens with zero attached hydrogens (tertiary/aromatic N) is 2. The molecule has 130 valence electrons. The molecular weight excluding hydrogens is 367 g/mol. The van der Waals surface area contributed by atoms with Crippen LogP contribution in [0.2, 0.25) is 5.02 Å². The van der Waals surface area contributed by atoms with Gasteiger partial charge in [0.2, 0.25) is 0 Å². The minimum Gasteiger partial charge on any atom is -0.492 e. The van der Waals surface area contributed by atoms with E-state index in [9.17, 15) is 18.0 Å². The van der Waals surface area contributed by atoms with Crippen LogP contribution in [-0.2, 0) is 6.18 Å². The van der Waals surface area contributed by atoms with Gasteiger partial charge in [0.25, 0.3) is 0 Å². The first kappa shape index (κ1) is 18.3. The summed E-state index contributed by atoms with van der Waals surface area (Å²) in [5, 5.41) is 3.57. The van der Waals surface area contributed by atoms with Gasteiger partial charge in [-0.15, -0.1) is 11.3 Å². The number of aromatic nitrogens is 1. The Morgan fingerprint density at radius 3 is 2.83 bits per heavy atom. The lowest BCUT2D eigenvalue weighted by atomic mass is 10.3. The molecule has 1 aromatic carbocycles. The average molecular weight is 380 g/mol. The first-order valence-electron chi connectivity index (χ1n) is 6.69. The molecule has 0 radical (unpaired) electrons. The molecule has 0 aliphatic rings. The van der Waals surface area contributed by atoms with Crippen molar-refractivity contribution in [1.82, 2.24) is 9.88 Å².